The zero-order valence-electron chi connectivity index (χ0n) is 18.1. The van der Waals surface area contributed by atoms with Gasteiger partial charge in [-0.3, -0.25) is 9.10 Å². The first-order valence-corrected chi connectivity index (χ1v) is 11.7. The van der Waals surface area contributed by atoms with Gasteiger partial charge < -0.3 is 14.8 Å². The van der Waals surface area contributed by atoms with E-state index in [1.165, 1.54) is 0 Å². The second-order valence-electron chi connectivity index (χ2n) is 7.52. The van der Waals surface area contributed by atoms with Crippen LogP contribution in [0, 0.1) is 0 Å². The summed E-state index contributed by atoms with van der Waals surface area (Å²) in [5.41, 5.74) is 1.26. The minimum Gasteiger partial charge on any atom is -0.491 e. The lowest BCUT2D eigenvalue weighted by atomic mass is 10.2. The molecule has 0 aliphatic rings. The number of benzene rings is 2. The number of anilines is 1. The summed E-state index contributed by atoms with van der Waals surface area (Å²) in [4.78, 5) is 12.4. The molecule has 0 radical (unpaired) electrons. The number of nitrogens with zero attached hydrogens (tertiary/aromatic N) is 1. The molecule has 2 aromatic rings. The first-order valence-electron chi connectivity index (χ1n) is 9.81. The van der Waals surface area contributed by atoms with Crippen molar-refractivity contribution in [2.24, 2.45) is 0 Å². The van der Waals surface area contributed by atoms with E-state index in [-0.39, 0.29) is 25.3 Å². The second kappa shape index (κ2) is 10.3. The van der Waals surface area contributed by atoms with Crippen molar-refractivity contribution in [3.8, 4) is 11.5 Å². The second-order valence-corrected chi connectivity index (χ2v) is 9.43. The first-order chi connectivity index (χ1) is 14.0. The van der Waals surface area contributed by atoms with Crippen LogP contribution < -0.4 is 19.1 Å². The third kappa shape index (κ3) is 7.59. The highest BCUT2D eigenvalue weighted by Gasteiger charge is 2.21. The normalized spacial score (nSPS) is 11.4. The van der Waals surface area contributed by atoms with Crippen LogP contribution in [0.2, 0.25) is 0 Å². The molecule has 0 saturated heterocycles. The number of carbonyl (C=O) groups is 1. The maximum atomic E-state index is 12.4. The summed E-state index contributed by atoms with van der Waals surface area (Å²) in [6.07, 6.45) is 1.14. The molecule has 0 atom stereocenters. The van der Waals surface area contributed by atoms with Crippen molar-refractivity contribution in [2.75, 3.05) is 17.1 Å². The van der Waals surface area contributed by atoms with Gasteiger partial charge in [-0.2, -0.15) is 0 Å². The fourth-order valence-corrected chi connectivity index (χ4v) is 3.61. The Kier molecular flexibility index (Phi) is 8.11. The molecular formula is C22H30N2O5S. The molecule has 8 heteroatoms. The monoisotopic (exact) mass is 434 g/mol. The summed E-state index contributed by atoms with van der Waals surface area (Å²) in [7, 11) is -3.64. The molecule has 0 bridgehead atoms. The molecule has 7 nitrogen and oxygen atoms in total. The highest BCUT2D eigenvalue weighted by Crippen LogP contribution is 2.22. The van der Waals surface area contributed by atoms with Crippen LogP contribution in [0.1, 0.15) is 33.3 Å². The highest BCUT2D eigenvalue weighted by molar-refractivity contribution is 7.92. The van der Waals surface area contributed by atoms with Gasteiger partial charge in [-0.15, -0.1) is 0 Å². The van der Waals surface area contributed by atoms with Crippen molar-refractivity contribution in [1.82, 2.24) is 5.32 Å². The summed E-state index contributed by atoms with van der Waals surface area (Å²) >= 11 is 0. The Hall–Kier alpha value is -2.74. The fraction of sp³-hybridized carbons (Fsp3) is 0.409. The van der Waals surface area contributed by atoms with E-state index < -0.39 is 15.9 Å². The van der Waals surface area contributed by atoms with Crippen LogP contribution in [0.4, 0.5) is 5.69 Å². The highest BCUT2D eigenvalue weighted by atomic mass is 32.2. The van der Waals surface area contributed by atoms with Gasteiger partial charge in [-0.25, -0.2) is 8.42 Å². The van der Waals surface area contributed by atoms with Gasteiger partial charge in [0.05, 0.1) is 24.2 Å². The summed E-state index contributed by atoms with van der Waals surface area (Å²) in [5.74, 6) is 0.950. The zero-order chi connectivity index (χ0) is 22.3. The fourth-order valence-electron chi connectivity index (χ4n) is 2.75. The molecule has 2 aromatic carbocycles. The predicted molar refractivity (Wildman–Crippen MR) is 118 cm³/mol. The molecular weight excluding hydrogens is 404 g/mol. The molecule has 164 valence electrons. The molecule has 30 heavy (non-hydrogen) atoms. The lowest BCUT2D eigenvalue weighted by Crippen LogP contribution is -2.40. The number of hydrogen-bond acceptors (Lipinski definition) is 5. The molecule has 0 fully saturated rings. The Labute approximate surface area is 179 Å². The van der Waals surface area contributed by atoms with E-state index in [4.69, 9.17) is 9.47 Å². The van der Waals surface area contributed by atoms with Crippen LogP contribution in [0.25, 0.3) is 0 Å². The van der Waals surface area contributed by atoms with E-state index in [1.54, 1.807) is 24.3 Å². The molecule has 0 spiro atoms. The zero-order valence-corrected chi connectivity index (χ0v) is 18.9. The number of hydrogen-bond donors (Lipinski definition) is 1. The molecule has 0 heterocycles. The summed E-state index contributed by atoms with van der Waals surface area (Å²) in [6.45, 7) is 7.65. The van der Waals surface area contributed by atoms with Gasteiger partial charge in [-0.1, -0.05) is 12.1 Å². The van der Waals surface area contributed by atoms with E-state index in [9.17, 15) is 13.2 Å². The summed E-state index contributed by atoms with van der Waals surface area (Å²) in [6, 6.07) is 14.0. The lowest BCUT2D eigenvalue weighted by Gasteiger charge is -2.22. The van der Waals surface area contributed by atoms with Crippen molar-refractivity contribution in [3.05, 3.63) is 54.1 Å². The van der Waals surface area contributed by atoms with E-state index in [1.807, 2.05) is 52.0 Å². The van der Waals surface area contributed by atoms with Crippen LogP contribution in [0.5, 0.6) is 11.5 Å². The number of carbonyl (C=O) groups excluding carboxylic acids is 1. The van der Waals surface area contributed by atoms with Gasteiger partial charge in [0.1, 0.15) is 18.0 Å². The topological polar surface area (TPSA) is 84.9 Å². The van der Waals surface area contributed by atoms with Gasteiger partial charge in [0.15, 0.2) is 0 Å². The minimum absolute atomic E-state index is 0.0112. The van der Waals surface area contributed by atoms with E-state index in [0.717, 1.165) is 21.9 Å². The first kappa shape index (κ1) is 23.5. The van der Waals surface area contributed by atoms with Crippen LogP contribution in [-0.2, 0) is 21.4 Å². The largest absolute Gasteiger partial charge is 0.491 e. The lowest BCUT2D eigenvalue weighted by molar-refractivity contribution is -0.119. The number of ether oxygens (including phenoxy) is 2. The van der Waals surface area contributed by atoms with Crippen molar-refractivity contribution in [1.29, 1.82) is 0 Å². The SMILES string of the molecule is CC(C)Oc1ccc(N(CC(=O)NCc2cccc(OC(C)C)c2)S(C)(=O)=O)cc1. The van der Waals surface area contributed by atoms with E-state index in [0.29, 0.717) is 11.4 Å². The molecule has 0 saturated carbocycles. The predicted octanol–water partition coefficient (Wildman–Crippen LogP) is 3.34. The standard InChI is InChI=1S/C22H30N2O5S/c1-16(2)28-20-11-9-19(10-12-20)24(30(5,26)27)15-22(25)23-14-18-7-6-8-21(13-18)29-17(3)4/h6-13,16-17H,14-15H2,1-5H3,(H,23,25). The number of sulfonamides is 1. The quantitative estimate of drug-likeness (QED) is 0.620. The van der Waals surface area contributed by atoms with Gasteiger partial charge in [0.25, 0.3) is 0 Å². The molecule has 1 N–H and O–H groups in total. The Morgan fingerprint density at radius 3 is 2.13 bits per heavy atom. The van der Waals surface area contributed by atoms with Gasteiger partial charge in [-0.05, 0) is 69.7 Å². The number of amides is 1. The molecule has 2 rings (SSSR count). The van der Waals surface area contributed by atoms with Gasteiger partial charge in [0, 0.05) is 6.54 Å². The minimum atomic E-state index is -3.64. The molecule has 0 unspecified atom stereocenters. The third-order valence-corrected chi connectivity index (χ3v) is 5.08. The third-order valence-electron chi connectivity index (χ3n) is 3.94. The Morgan fingerprint density at radius 2 is 1.57 bits per heavy atom. The Balaban J connectivity index is 2.04. The summed E-state index contributed by atoms with van der Waals surface area (Å²) in [5, 5.41) is 2.76. The van der Waals surface area contributed by atoms with E-state index in [2.05, 4.69) is 5.32 Å². The van der Waals surface area contributed by atoms with E-state index >= 15 is 0 Å². The number of rotatable bonds is 10. The molecule has 0 aromatic heterocycles. The van der Waals surface area contributed by atoms with Crippen molar-refractivity contribution in [3.63, 3.8) is 0 Å². The van der Waals surface area contributed by atoms with Crippen LogP contribution >= 0.6 is 0 Å². The smallest absolute Gasteiger partial charge is 0.241 e. The van der Waals surface area contributed by atoms with Crippen molar-refractivity contribution < 1.29 is 22.7 Å². The van der Waals surface area contributed by atoms with Crippen LogP contribution in [-0.4, -0.2) is 39.3 Å². The maximum absolute atomic E-state index is 12.4. The Morgan fingerprint density at radius 1 is 0.967 bits per heavy atom. The summed E-state index contributed by atoms with van der Waals surface area (Å²) < 4.78 is 36.8. The van der Waals surface area contributed by atoms with Crippen molar-refractivity contribution >= 4 is 21.6 Å². The Bertz CT molecular complexity index is 940. The van der Waals surface area contributed by atoms with Crippen LogP contribution in [0.3, 0.4) is 0 Å². The molecule has 1 amide bonds. The molecule has 0 aliphatic carbocycles. The number of nitrogens with one attached hydrogen (secondary N) is 1. The van der Waals surface area contributed by atoms with Crippen molar-refractivity contribution in [2.45, 2.75) is 46.4 Å². The average Bonchev–Trinajstić information content (AvgIpc) is 2.64. The van der Waals surface area contributed by atoms with Crippen LogP contribution in [0.15, 0.2) is 48.5 Å². The molecule has 0 aliphatic heterocycles. The van der Waals surface area contributed by atoms with Gasteiger partial charge in [0.2, 0.25) is 15.9 Å². The van der Waals surface area contributed by atoms with Gasteiger partial charge >= 0.3 is 0 Å². The maximum Gasteiger partial charge on any atom is 0.241 e. The average molecular weight is 435 g/mol.